The maximum absolute atomic E-state index is 11.4. The summed E-state index contributed by atoms with van der Waals surface area (Å²) in [5.74, 6) is 0. The van der Waals surface area contributed by atoms with E-state index >= 15 is 0 Å². The number of morpholine rings is 1. The van der Waals surface area contributed by atoms with Crippen molar-refractivity contribution in [2.45, 2.75) is 6.42 Å². The predicted molar refractivity (Wildman–Crippen MR) is 47.1 cm³/mol. The van der Waals surface area contributed by atoms with Crippen molar-refractivity contribution in [3.05, 3.63) is 0 Å². The number of carbonyl (C=O) groups excluding carboxylic acids is 1. The molecule has 2 rings (SSSR count). The van der Waals surface area contributed by atoms with Gasteiger partial charge in [0.2, 0.25) is 0 Å². The molecular weight excluding hydrogens is 170 g/mol. The third-order valence-electron chi connectivity index (χ3n) is 2.39. The molecule has 2 aliphatic heterocycles. The Morgan fingerprint density at radius 2 is 2.00 bits per heavy atom. The topological polar surface area (TPSA) is 44.8 Å². The van der Waals surface area contributed by atoms with Crippen molar-refractivity contribution in [1.82, 2.24) is 15.3 Å². The average Bonchev–Trinajstić information content (AvgIpc) is 2.20. The standard InChI is InChI=1S/C8H15N3O2/c12-8-9-2-1-3-11(8)10-4-6-13-7-5-10/h1-7H2,(H,9,12). The van der Waals surface area contributed by atoms with E-state index in [2.05, 4.69) is 10.3 Å². The van der Waals surface area contributed by atoms with Crippen LogP contribution in [0.1, 0.15) is 6.42 Å². The minimum atomic E-state index is 0.0353. The Morgan fingerprint density at radius 1 is 1.23 bits per heavy atom. The Kier molecular flexibility index (Phi) is 2.65. The van der Waals surface area contributed by atoms with Crippen LogP contribution in [0.2, 0.25) is 0 Å². The van der Waals surface area contributed by atoms with Crippen molar-refractivity contribution in [3.8, 4) is 0 Å². The van der Waals surface area contributed by atoms with Crippen LogP contribution in [0.4, 0.5) is 4.79 Å². The molecule has 0 unspecified atom stereocenters. The molecule has 0 atom stereocenters. The van der Waals surface area contributed by atoms with E-state index in [1.807, 2.05) is 0 Å². The Labute approximate surface area is 77.6 Å². The van der Waals surface area contributed by atoms with E-state index < -0.39 is 0 Å². The van der Waals surface area contributed by atoms with Gasteiger partial charge in [0.25, 0.3) is 0 Å². The molecule has 5 heteroatoms. The monoisotopic (exact) mass is 185 g/mol. The number of urea groups is 1. The first-order chi connectivity index (χ1) is 6.38. The van der Waals surface area contributed by atoms with Gasteiger partial charge in [-0.3, -0.25) is 5.01 Å². The number of carbonyl (C=O) groups is 1. The first-order valence-corrected chi connectivity index (χ1v) is 4.76. The molecule has 2 fully saturated rings. The van der Waals surface area contributed by atoms with Gasteiger partial charge in [-0.05, 0) is 6.42 Å². The Morgan fingerprint density at radius 3 is 2.69 bits per heavy atom. The van der Waals surface area contributed by atoms with Gasteiger partial charge < -0.3 is 10.1 Å². The number of rotatable bonds is 1. The van der Waals surface area contributed by atoms with Crippen LogP contribution >= 0.6 is 0 Å². The predicted octanol–water partition coefficient (Wildman–Crippen LogP) is -0.351. The fraction of sp³-hybridized carbons (Fsp3) is 0.875. The van der Waals surface area contributed by atoms with Crippen LogP contribution in [-0.4, -0.2) is 55.4 Å². The van der Waals surface area contributed by atoms with Gasteiger partial charge in [-0.25, -0.2) is 9.80 Å². The molecule has 2 amide bonds. The van der Waals surface area contributed by atoms with E-state index in [9.17, 15) is 4.79 Å². The molecule has 0 saturated carbocycles. The first-order valence-electron chi connectivity index (χ1n) is 4.76. The van der Waals surface area contributed by atoms with E-state index in [1.54, 1.807) is 5.01 Å². The minimum absolute atomic E-state index is 0.0353. The highest BCUT2D eigenvalue weighted by Crippen LogP contribution is 2.06. The van der Waals surface area contributed by atoms with Crippen LogP contribution < -0.4 is 5.32 Å². The molecule has 74 valence electrons. The summed E-state index contributed by atoms with van der Waals surface area (Å²) in [6, 6.07) is 0.0353. The van der Waals surface area contributed by atoms with Crippen LogP contribution in [0, 0.1) is 0 Å². The summed E-state index contributed by atoms with van der Waals surface area (Å²) in [6.45, 7) is 4.75. The first kappa shape index (κ1) is 8.77. The van der Waals surface area contributed by atoms with E-state index in [0.717, 1.165) is 45.8 Å². The van der Waals surface area contributed by atoms with Crippen molar-refractivity contribution in [2.24, 2.45) is 0 Å². The van der Waals surface area contributed by atoms with Gasteiger partial charge in [-0.2, -0.15) is 0 Å². The maximum atomic E-state index is 11.4. The molecule has 0 radical (unpaired) electrons. The molecule has 13 heavy (non-hydrogen) atoms. The minimum Gasteiger partial charge on any atom is -0.379 e. The quantitative estimate of drug-likeness (QED) is 0.607. The number of hydrogen-bond donors (Lipinski definition) is 1. The molecule has 0 bridgehead atoms. The molecule has 5 nitrogen and oxygen atoms in total. The zero-order valence-corrected chi connectivity index (χ0v) is 7.66. The van der Waals surface area contributed by atoms with Gasteiger partial charge in [-0.1, -0.05) is 0 Å². The SMILES string of the molecule is O=C1NCCCN1N1CCOCC1. The van der Waals surface area contributed by atoms with Crippen molar-refractivity contribution in [2.75, 3.05) is 39.4 Å². The van der Waals surface area contributed by atoms with Crippen molar-refractivity contribution >= 4 is 6.03 Å². The summed E-state index contributed by atoms with van der Waals surface area (Å²) in [6.07, 6.45) is 1.03. The van der Waals surface area contributed by atoms with Gasteiger partial charge in [0.05, 0.1) is 13.2 Å². The Balaban J connectivity index is 1.92. The molecule has 0 aromatic rings. The third-order valence-corrected chi connectivity index (χ3v) is 2.39. The van der Waals surface area contributed by atoms with E-state index in [-0.39, 0.29) is 6.03 Å². The largest absolute Gasteiger partial charge is 0.379 e. The Bertz CT molecular complexity index is 192. The smallest absolute Gasteiger partial charge is 0.331 e. The van der Waals surface area contributed by atoms with Crippen molar-refractivity contribution in [3.63, 3.8) is 0 Å². The van der Waals surface area contributed by atoms with Gasteiger partial charge in [0.1, 0.15) is 0 Å². The van der Waals surface area contributed by atoms with E-state index in [1.165, 1.54) is 0 Å². The van der Waals surface area contributed by atoms with E-state index in [4.69, 9.17) is 4.74 Å². The lowest BCUT2D eigenvalue weighted by atomic mass is 10.3. The summed E-state index contributed by atoms with van der Waals surface area (Å²) >= 11 is 0. The summed E-state index contributed by atoms with van der Waals surface area (Å²) in [5, 5.41) is 6.70. The average molecular weight is 185 g/mol. The fourth-order valence-corrected chi connectivity index (χ4v) is 1.68. The molecule has 2 aliphatic rings. The maximum Gasteiger partial charge on any atom is 0.331 e. The van der Waals surface area contributed by atoms with Crippen LogP contribution in [0.3, 0.4) is 0 Å². The molecule has 2 heterocycles. The van der Waals surface area contributed by atoms with Gasteiger partial charge >= 0.3 is 6.03 Å². The highest BCUT2D eigenvalue weighted by atomic mass is 16.5. The van der Waals surface area contributed by atoms with Crippen LogP contribution in [-0.2, 0) is 4.74 Å². The van der Waals surface area contributed by atoms with Crippen LogP contribution in [0.5, 0.6) is 0 Å². The summed E-state index contributed by atoms with van der Waals surface area (Å²) in [7, 11) is 0. The number of hydrogen-bond acceptors (Lipinski definition) is 3. The van der Waals surface area contributed by atoms with Gasteiger partial charge in [0, 0.05) is 26.2 Å². The lowest BCUT2D eigenvalue weighted by molar-refractivity contribution is -0.0670. The molecule has 1 N–H and O–H groups in total. The highest BCUT2D eigenvalue weighted by molar-refractivity contribution is 5.74. The second-order valence-electron chi connectivity index (χ2n) is 3.27. The second kappa shape index (κ2) is 3.93. The number of hydrazine groups is 1. The normalized spacial score (nSPS) is 25.8. The molecular formula is C8H15N3O2. The van der Waals surface area contributed by atoms with Crippen molar-refractivity contribution in [1.29, 1.82) is 0 Å². The molecule has 0 aromatic carbocycles. The molecule has 0 aliphatic carbocycles. The van der Waals surface area contributed by atoms with Crippen molar-refractivity contribution < 1.29 is 9.53 Å². The third kappa shape index (κ3) is 1.92. The molecule has 0 spiro atoms. The molecule has 2 saturated heterocycles. The Hall–Kier alpha value is -0.810. The van der Waals surface area contributed by atoms with Crippen LogP contribution in [0.15, 0.2) is 0 Å². The number of ether oxygens (including phenoxy) is 1. The highest BCUT2D eigenvalue weighted by Gasteiger charge is 2.25. The zero-order chi connectivity index (χ0) is 9.10. The number of nitrogens with one attached hydrogen (secondary N) is 1. The van der Waals surface area contributed by atoms with Crippen LogP contribution in [0.25, 0.3) is 0 Å². The fourth-order valence-electron chi connectivity index (χ4n) is 1.68. The van der Waals surface area contributed by atoms with Gasteiger partial charge in [-0.15, -0.1) is 0 Å². The zero-order valence-electron chi connectivity index (χ0n) is 7.66. The number of amides is 2. The number of nitrogens with zero attached hydrogens (tertiary/aromatic N) is 2. The van der Waals surface area contributed by atoms with Gasteiger partial charge in [0.15, 0.2) is 0 Å². The summed E-state index contributed by atoms with van der Waals surface area (Å²) in [5.41, 5.74) is 0. The molecule has 0 aromatic heterocycles. The lowest BCUT2D eigenvalue weighted by Crippen LogP contribution is -2.57. The summed E-state index contributed by atoms with van der Waals surface area (Å²) < 4.78 is 5.23. The van der Waals surface area contributed by atoms with E-state index in [0.29, 0.717) is 0 Å². The summed E-state index contributed by atoms with van der Waals surface area (Å²) in [4.78, 5) is 11.4. The second-order valence-corrected chi connectivity index (χ2v) is 3.27. The lowest BCUT2D eigenvalue weighted by Gasteiger charge is -2.39.